The maximum Gasteiger partial charge on any atom is 0.407 e. The van der Waals surface area contributed by atoms with Crippen molar-refractivity contribution < 1.29 is 28.7 Å². The minimum Gasteiger partial charge on any atom is -0.469 e. The molecular formula is C47H56N6O7. The average molecular weight is 817 g/mol. The van der Waals surface area contributed by atoms with E-state index in [-0.39, 0.29) is 47.6 Å². The lowest BCUT2D eigenvalue weighted by atomic mass is 9.87. The Kier molecular flexibility index (Phi) is 12.7. The summed E-state index contributed by atoms with van der Waals surface area (Å²) < 4.78 is 9.72. The van der Waals surface area contributed by atoms with Gasteiger partial charge in [-0.3, -0.25) is 19.2 Å². The molecule has 13 nitrogen and oxygen atoms in total. The van der Waals surface area contributed by atoms with Gasteiger partial charge in [0, 0.05) is 41.3 Å². The summed E-state index contributed by atoms with van der Waals surface area (Å²) in [5, 5.41) is 5.39. The van der Waals surface area contributed by atoms with E-state index in [0.717, 1.165) is 71.7 Å². The second-order valence-corrected chi connectivity index (χ2v) is 16.5. The SMILES string of the molecule is CC[C@H](C)[C@H](CC(=O)OC)C(=O)N1CCCC1c1cc(=O)c2cc(-c3ccc4cc(-c5cnc([C@@H]6CCCN6C(=O)[C@@H](NC(=O)OC)[C@@H](C)CC)[nH]5)ccc4c3)ccc2[nH]1. The number of H-pyrrole nitrogens is 2. The molecule has 13 heteroatoms. The maximum absolute atomic E-state index is 13.9. The van der Waals surface area contributed by atoms with Crippen LogP contribution in [0.5, 0.6) is 0 Å². The number of carbonyl (C=O) groups is 4. The highest BCUT2D eigenvalue weighted by Gasteiger charge is 2.39. The van der Waals surface area contributed by atoms with Gasteiger partial charge < -0.3 is 34.6 Å². The molecule has 316 valence electrons. The number of aromatic nitrogens is 3. The van der Waals surface area contributed by atoms with Crippen LogP contribution in [-0.2, 0) is 23.9 Å². The number of nitrogens with one attached hydrogen (secondary N) is 3. The van der Waals surface area contributed by atoms with Crippen LogP contribution in [0.1, 0.15) is 96.2 Å². The number of likely N-dealkylation sites (tertiary alicyclic amines) is 2. The third-order valence-electron chi connectivity index (χ3n) is 12.9. The van der Waals surface area contributed by atoms with Crippen molar-refractivity contribution in [3.05, 3.63) is 88.6 Å². The van der Waals surface area contributed by atoms with Crippen LogP contribution in [0.2, 0.25) is 0 Å². The fourth-order valence-corrected chi connectivity index (χ4v) is 8.88. The molecule has 0 bridgehead atoms. The second kappa shape index (κ2) is 18.1. The highest BCUT2D eigenvalue weighted by atomic mass is 16.5. The van der Waals surface area contributed by atoms with Crippen molar-refractivity contribution >= 4 is 45.6 Å². The number of alkyl carbamates (subject to hydrolysis) is 1. The molecule has 3 amide bonds. The Morgan fingerprint density at radius 3 is 2.10 bits per heavy atom. The van der Waals surface area contributed by atoms with Crippen LogP contribution >= 0.6 is 0 Å². The number of methoxy groups -OCH3 is 2. The van der Waals surface area contributed by atoms with Crippen LogP contribution in [0, 0.1) is 17.8 Å². The van der Waals surface area contributed by atoms with Crippen molar-refractivity contribution in [1.82, 2.24) is 30.1 Å². The number of benzene rings is 3. The van der Waals surface area contributed by atoms with Gasteiger partial charge in [0.05, 0.1) is 50.5 Å². The van der Waals surface area contributed by atoms with Gasteiger partial charge >= 0.3 is 12.1 Å². The summed E-state index contributed by atoms with van der Waals surface area (Å²) in [6.07, 6.45) is 5.85. The number of esters is 1. The van der Waals surface area contributed by atoms with Gasteiger partial charge in [-0.25, -0.2) is 9.78 Å². The van der Waals surface area contributed by atoms with E-state index in [2.05, 4.69) is 45.6 Å². The Morgan fingerprint density at radius 1 is 0.783 bits per heavy atom. The zero-order valence-electron chi connectivity index (χ0n) is 35.4. The Morgan fingerprint density at radius 2 is 1.42 bits per heavy atom. The Balaban J connectivity index is 1.08. The van der Waals surface area contributed by atoms with E-state index in [1.807, 2.05) is 61.8 Å². The van der Waals surface area contributed by atoms with E-state index in [4.69, 9.17) is 14.5 Å². The van der Waals surface area contributed by atoms with Gasteiger partial charge in [0.2, 0.25) is 11.8 Å². The van der Waals surface area contributed by atoms with Crippen molar-refractivity contribution in [2.45, 2.75) is 90.8 Å². The smallest absolute Gasteiger partial charge is 0.407 e. The molecule has 3 aromatic carbocycles. The highest BCUT2D eigenvalue weighted by Crippen LogP contribution is 2.37. The van der Waals surface area contributed by atoms with Gasteiger partial charge in [0.1, 0.15) is 11.9 Å². The zero-order valence-corrected chi connectivity index (χ0v) is 35.4. The van der Waals surface area contributed by atoms with Crippen molar-refractivity contribution in [3.63, 3.8) is 0 Å². The number of rotatable bonds is 13. The number of carbonyl (C=O) groups excluding carboxylic acids is 4. The van der Waals surface area contributed by atoms with E-state index < -0.39 is 24.0 Å². The van der Waals surface area contributed by atoms with Gasteiger partial charge in [-0.2, -0.15) is 0 Å². The molecule has 1 unspecified atom stereocenters. The van der Waals surface area contributed by atoms with Crippen molar-refractivity contribution in [2.24, 2.45) is 17.8 Å². The summed E-state index contributed by atoms with van der Waals surface area (Å²) in [5.41, 5.74) is 4.99. The Labute approximate surface area is 350 Å². The minimum absolute atomic E-state index is 0.00930. The van der Waals surface area contributed by atoms with Crippen LogP contribution in [0.15, 0.2) is 71.7 Å². The molecule has 0 radical (unpaired) electrons. The first-order valence-corrected chi connectivity index (χ1v) is 21.2. The molecular weight excluding hydrogens is 761 g/mol. The lowest BCUT2D eigenvalue weighted by Crippen LogP contribution is -2.51. The second-order valence-electron chi connectivity index (χ2n) is 16.5. The summed E-state index contributed by atoms with van der Waals surface area (Å²) >= 11 is 0. The van der Waals surface area contributed by atoms with Crippen LogP contribution in [0.4, 0.5) is 4.79 Å². The number of imidazole rings is 1. The normalized spacial score (nSPS) is 18.6. The number of hydrogen-bond donors (Lipinski definition) is 3. The summed E-state index contributed by atoms with van der Waals surface area (Å²) in [6.45, 7) is 9.11. The first kappa shape index (κ1) is 42.2. The molecule has 4 heterocycles. The summed E-state index contributed by atoms with van der Waals surface area (Å²) in [7, 11) is 2.64. The van der Waals surface area contributed by atoms with Crippen molar-refractivity contribution in [2.75, 3.05) is 27.3 Å². The molecule has 5 aromatic rings. The monoisotopic (exact) mass is 816 g/mol. The summed E-state index contributed by atoms with van der Waals surface area (Å²) in [4.78, 5) is 81.0. The largest absolute Gasteiger partial charge is 0.469 e. The van der Waals surface area contributed by atoms with Crippen LogP contribution < -0.4 is 10.7 Å². The quantitative estimate of drug-likeness (QED) is 0.100. The molecule has 60 heavy (non-hydrogen) atoms. The number of aromatic amines is 2. The van der Waals surface area contributed by atoms with Gasteiger partial charge in [-0.15, -0.1) is 0 Å². The molecule has 0 spiro atoms. The third-order valence-corrected chi connectivity index (χ3v) is 12.9. The number of amides is 3. The van der Waals surface area contributed by atoms with Crippen LogP contribution in [-0.4, -0.2) is 82.0 Å². The van der Waals surface area contributed by atoms with Crippen LogP contribution in [0.25, 0.3) is 44.1 Å². The molecule has 2 saturated heterocycles. The molecule has 3 N–H and O–H groups in total. The van der Waals surface area contributed by atoms with Crippen molar-refractivity contribution in [3.8, 4) is 22.4 Å². The highest BCUT2D eigenvalue weighted by molar-refractivity contribution is 5.92. The van der Waals surface area contributed by atoms with E-state index in [1.165, 1.54) is 14.2 Å². The molecule has 6 atom stereocenters. The topological polar surface area (TPSA) is 167 Å². The fourth-order valence-electron chi connectivity index (χ4n) is 8.88. The fraction of sp³-hybridized carbons (Fsp3) is 0.447. The van der Waals surface area contributed by atoms with E-state index in [9.17, 15) is 24.0 Å². The summed E-state index contributed by atoms with van der Waals surface area (Å²) in [6, 6.07) is 18.7. The van der Waals surface area contributed by atoms with E-state index in [0.29, 0.717) is 35.5 Å². The summed E-state index contributed by atoms with van der Waals surface area (Å²) in [5.74, 6) is -0.427. The van der Waals surface area contributed by atoms with Gasteiger partial charge in [0.25, 0.3) is 0 Å². The third kappa shape index (κ3) is 8.53. The Bertz CT molecular complexity index is 2460. The first-order valence-electron chi connectivity index (χ1n) is 21.2. The van der Waals surface area contributed by atoms with Crippen molar-refractivity contribution in [1.29, 1.82) is 0 Å². The molecule has 2 aliphatic rings. The lowest BCUT2D eigenvalue weighted by Gasteiger charge is -2.31. The first-order chi connectivity index (χ1) is 28.9. The lowest BCUT2D eigenvalue weighted by molar-refractivity contribution is -0.148. The predicted molar refractivity (Wildman–Crippen MR) is 231 cm³/mol. The molecule has 2 aliphatic heterocycles. The zero-order chi connectivity index (χ0) is 42.7. The number of ether oxygens (including phenoxy) is 2. The maximum atomic E-state index is 13.9. The molecule has 0 saturated carbocycles. The molecule has 2 fully saturated rings. The van der Waals surface area contributed by atoms with E-state index in [1.54, 1.807) is 12.3 Å². The van der Waals surface area contributed by atoms with Gasteiger partial charge in [0.15, 0.2) is 5.43 Å². The Hall–Kier alpha value is -5.98. The minimum atomic E-state index is -0.688. The molecule has 0 aliphatic carbocycles. The number of pyridine rings is 1. The average Bonchev–Trinajstić information content (AvgIpc) is 4.08. The number of hydrogen-bond acceptors (Lipinski definition) is 8. The van der Waals surface area contributed by atoms with E-state index >= 15 is 0 Å². The van der Waals surface area contributed by atoms with Crippen LogP contribution in [0.3, 0.4) is 0 Å². The number of fused-ring (bicyclic) bond motifs is 2. The molecule has 7 rings (SSSR count). The standard InChI is InChI=1S/C47H56N6O7/c1-7-27(3)34(24-42(55)59-5)45(56)52-19-9-11-39(52)37-25-41(54)35-23-32(17-18-36(35)49-37)30-13-14-31-22-33(16-15-29(31)21-30)38-26-48-44(50-38)40-12-10-20-53(40)46(57)43(28(4)8-2)51-47(58)60-6/h13-18,21-23,25-28,34,39-40,43H,7-12,19-20,24H2,1-6H3,(H,48,50)(H,49,54)(H,51,58)/t27-,28-,34-,39?,40-,43-/m0/s1. The van der Waals surface area contributed by atoms with Gasteiger partial charge in [-0.1, -0.05) is 70.9 Å². The molecule has 2 aromatic heterocycles. The predicted octanol–water partition coefficient (Wildman–Crippen LogP) is 8.06. The van der Waals surface area contributed by atoms with Gasteiger partial charge in [-0.05, 0) is 83.7 Å². The number of nitrogens with zero attached hydrogens (tertiary/aromatic N) is 3.